The van der Waals surface area contributed by atoms with Crippen molar-refractivity contribution in [1.29, 1.82) is 0 Å². The highest BCUT2D eigenvalue weighted by Gasteiger charge is 2.17. The maximum absolute atomic E-state index is 12.4. The minimum atomic E-state index is -0.0713. The molecule has 0 unspecified atom stereocenters. The van der Waals surface area contributed by atoms with Crippen molar-refractivity contribution in [3.8, 4) is 5.75 Å². The van der Waals surface area contributed by atoms with Crippen LogP contribution in [0.15, 0.2) is 36.4 Å². The number of hydrogen-bond acceptors (Lipinski definition) is 3. The molecule has 3 rings (SSSR count). The molecule has 0 aromatic heterocycles. The zero-order valence-corrected chi connectivity index (χ0v) is 16.1. The van der Waals surface area contributed by atoms with Crippen molar-refractivity contribution in [3.05, 3.63) is 52.5 Å². The lowest BCUT2D eigenvalue weighted by atomic mass is 10.1. The smallest absolute Gasteiger partial charge is 0.227 e. The molecule has 26 heavy (non-hydrogen) atoms. The largest absolute Gasteiger partial charge is 0.493 e. The van der Waals surface area contributed by atoms with E-state index >= 15 is 0 Å². The van der Waals surface area contributed by atoms with Crippen LogP contribution in [0.2, 0.25) is 5.02 Å². The van der Waals surface area contributed by atoms with Crippen LogP contribution in [0.1, 0.15) is 30.4 Å². The van der Waals surface area contributed by atoms with Gasteiger partial charge in [0.25, 0.3) is 0 Å². The van der Waals surface area contributed by atoms with Gasteiger partial charge in [-0.25, -0.2) is 0 Å². The van der Waals surface area contributed by atoms with Crippen LogP contribution >= 0.6 is 11.6 Å². The van der Waals surface area contributed by atoms with E-state index in [9.17, 15) is 4.79 Å². The number of aryl methyl sites for hydroxylation is 2. The summed E-state index contributed by atoms with van der Waals surface area (Å²) in [5.41, 5.74) is 4.03. The number of carbonyl (C=O) groups is 1. The number of nitrogens with one attached hydrogen (secondary N) is 1. The van der Waals surface area contributed by atoms with Gasteiger partial charge in [0.1, 0.15) is 5.75 Å². The Morgan fingerprint density at radius 3 is 2.69 bits per heavy atom. The van der Waals surface area contributed by atoms with Crippen LogP contribution in [-0.2, 0) is 4.79 Å². The van der Waals surface area contributed by atoms with Gasteiger partial charge in [0.05, 0.1) is 24.4 Å². The van der Waals surface area contributed by atoms with Crippen molar-refractivity contribution in [1.82, 2.24) is 0 Å². The average molecular weight is 373 g/mol. The fourth-order valence-electron chi connectivity index (χ4n) is 3.17. The lowest BCUT2D eigenvalue weighted by Gasteiger charge is -2.22. The zero-order valence-electron chi connectivity index (χ0n) is 15.3. The van der Waals surface area contributed by atoms with Crippen molar-refractivity contribution < 1.29 is 9.53 Å². The normalized spacial score (nSPS) is 13.7. The van der Waals surface area contributed by atoms with Crippen LogP contribution < -0.4 is 15.0 Å². The minimum Gasteiger partial charge on any atom is -0.493 e. The van der Waals surface area contributed by atoms with Crippen LogP contribution in [0.5, 0.6) is 5.75 Å². The first kappa shape index (κ1) is 18.6. The molecule has 1 aliphatic rings. The lowest BCUT2D eigenvalue weighted by Crippen LogP contribution is -2.21. The molecule has 4 nitrogen and oxygen atoms in total. The van der Waals surface area contributed by atoms with Gasteiger partial charge in [0.2, 0.25) is 5.91 Å². The second-order valence-electron chi connectivity index (χ2n) is 6.77. The quantitative estimate of drug-likeness (QED) is 0.778. The van der Waals surface area contributed by atoms with E-state index in [0.717, 1.165) is 41.3 Å². The first-order chi connectivity index (χ1) is 12.5. The Labute approximate surface area is 160 Å². The fourth-order valence-corrected chi connectivity index (χ4v) is 3.34. The van der Waals surface area contributed by atoms with Gasteiger partial charge in [-0.15, -0.1) is 0 Å². The first-order valence-electron chi connectivity index (χ1n) is 9.07. The Balaban J connectivity index is 1.59. The Bertz CT molecular complexity index is 786. The molecule has 138 valence electrons. The van der Waals surface area contributed by atoms with Gasteiger partial charge < -0.3 is 15.0 Å². The van der Waals surface area contributed by atoms with Gasteiger partial charge in [-0.2, -0.15) is 0 Å². The summed E-state index contributed by atoms with van der Waals surface area (Å²) < 4.78 is 5.78. The van der Waals surface area contributed by atoms with Crippen molar-refractivity contribution in [2.45, 2.75) is 33.1 Å². The number of carbonyl (C=O) groups excluding carboxylic acids is 1. The van der Waals surface area contributed by atoms with Crippen molar-refractivity contribution in [2.75, 3.05) is 29.9 Å². The average Bonchev–Trinajstić information content (AvgIpc) is 3.12. The summed E-state index contributed by atoms with van der Waals surface area (Å²) in [7, 11) is 0. The number of nitrogens with zero attached hydrogens (tertiary/aromatic N) is 1. The van der Waals surface area contributed by atoms with Crippen molar-refractivity contribution >= 4 is 28.9 Å². The Morgan fingerprint density at radius 2 is 1.92 bits per heavy atom. The fraction of sp³-hybridized carbons (Fsp3) is 0.381. The van der Waals surface area contributed by atoms with Crippen molar-refractivity contribution in [2.24, 2.45) is 0 Å². The van der Waals surface area contributed by atoms with E-state index < -0.39 is 0 Å². The number of amides is 1. The molecule has 0 saturated carbocycles. The number of hydrogen-bond donors (Lipinski definition) is 1. The molecule has 0 radical (unpaired) electrons. The molecule has 0 atom stereocenters. The third-order valence-electron chi connectivity index (χ3n) is 4.61. The summed E-state index contributed by atoms with van der Waals surface area (Å²) in [6.45, 7) is 6.40. The molecule has 1 aliphatic heterocycles. The number of halogens is 1. The van der Waals surface area contributed by atoms with Crippen LogP contribution in [0, 0.1) is 13.8 Å². The number of rotatable bonds is 6. The van der Waals surface area contributed by atoms with Gasteiger partial charge in [0, 0.05) is 18.1 Å². The van der Waals surface area contributed by atoms with E-state index in [1.807, 2.05) is 50.2 Å². The summed E-state index contributed by atoms with van der Waals surface area (Å²) in [4.78, 5) is 14.7. The van der Waals surface area contributed by atoms with Gasteiger partial charge in [-0.1, -0.05) is 23.7 Å². The summed E-state index contributed by atoms with van der Waals surface area (Å²) in [5, 5.41) is 3.62. The van der Waals surface area contributed by atoms with Gasteiger partial charge in [-0.05, 0) is 62.1 Å². The molecule has 2 aromatic rings. The van der Waals surface area contributed by atoms with Crippen LogP contribution in [0.3, 0.4) is 0 Å². The molecule has 0 spiro atoms. The number of benzene rings is 2. The van der Waals surface area contributed by atoms with E-state index in [-0.39, 0.29) is 5.91 Å². The SMILES string of the molecule is Cc1ccc(C)c(OCCC(=O)Nc2cc(Cl)ccc2N2CCCC2)c1. The second kappa shape index (κ2) is 8.45. The molecule has 1 saturated heterocycles. The highest BCUT2D eigenvalue weighted by atomic mass is 35.5. The number of ether oxygens (including phenoxy) is 1. The summed E-state index contributed by atoms with van der Waals surface area (Å²) in [6.07, 6.45) is 2.65. The van der Waals surface area contributed by atoms with Gasteiger partial charge in [-0.3, -0.25) is 4.79 Å². The predicted molar refractivity (Wildman–Crippen MR) is 108 cm³/mol. The van der Waals surface area contributed by atoms with Crippen LogP contribution in [0.25, 0.3) is 0 Å². The summed E-state index contributed by atoms with van der Waals surface area (Å²) in [5.74, 6) is 0.760. The third-order valence-corrected chi connectivity index (χ3v) is 4.84. The Morgan fingerprint density at radius 1 is 1.15 bits per heavy atom. The second-order valence-corrected chi connectivity index (χ2v) is 7.21. The molecule has 0 bridgehead atoms. The minimum absolute atomic E-state index is 0.0713. The first-order valence-corrected chi connectivity index (χ1v) is 9.45. The van der Waals surface area contributed by atoms with E-state index in [1.54, 1.807) is 0 Å². The maximum Gasteiger partial charge on any atom is 0.227 e. The topological polar surface area (TPSA) is 41.6 Å². The highest BCUT2D eigenvalue weighted by Crippen LogP contribution is 2.31. The van der Waals surface area contributed by atoms with Gasteiger partial charge >= 0.3 is 0 Å². The summed E-state index contributed by atoms with van der Waals surface area (Å²) in [6, 6.07) is 11.7. The number of anilines is 2. The molecule has 1 N–H and O–H groups in total. The standard InChI is InChI=1S/C21H25ClN2O2/c1-15-5-6-16(2)20(13-15)26-12-9-21(25)23-18-14-17(22)7-8-19(18)24-10-3-4-11-24/h5-8,13-14H,3-4,9-12H2,1-2H3,(H,23,25). The predicted octanol–water partition coefficient (Wildman–Crippen LogP) is 4.96. The monoisotopic (exact) mass is 372 g/mol. The van der Waals surface area contributed by atoms with Crippen molar-refractivity contribution in [3.63, 3.8) is 0 Å². The Hall–Kier alpha value is -2.20. The molecule has 2 aromatic carbocycles. The highest BCUT2D eigenvalue weighted by molar-refractivity contribution is 6.31. The van der Waals surface area contributed by atoms with E-state index in [4.69, 9.17) is 16.3 Å². The summed E-state index contributed by atoms with van der Waals surface area (Å²) >= 11 is 6.13. The van der Waals surface area contributed by atoms with E-state index in [1.165, 1.54) is 12.8 Å². The Kier molecular flexibility index (Phi) is 6.04. The molecular weight excluding hydrogens is 348 g/mol. The van der Waals surface area contributed by atoms with Crippen LogP contribution in [-0.4, -0.2) is 25.6 Å². The molecule has 0 aliphatic carbocycles. The molecule has 1 heterocycles. The van der Waals surface area contributed by atoms with Crippen LogP contribution in [0.4, 0.5) is 11.4 Å². The lowest BCUT2D eigenvalue weighted by molar-refractivity contribution is -0.116. The third kappa shape index (κ3) is 4.70. The molecular formula is C21H25ClN2O2. The molecule has 1 fully saturated rings. The van der Waals surface area contributed by atoms with Gasteiger partial charge in [0.15, 0.2) is 0 Å². The maximum atomic E-state index is 12.4. The molecule has 5 heteroatoms. The van der Waals surface area contributed by atoms with E-state index in [0.29, 0.717) is 18.1 Å². The molecule has 1 amide bonds. The van der Waals surface area contributed by atoms with E-state index in [2.05, 4.69) is 10.2 Å². The zero-order chi connectivity index (χ0) is 18.5.